The van der Waals surface area contributed by atoms with Crippen molar-refractivity contribution >= 4 is 17.5 Å². The first kappa shape index (κ1) is 17.0. The van der Waals surface area contributed by atoms with Gasteiger partial charge in [0.15, 0.2) is 0 Å². The molecule has 0 bridgehead atoms. The number of para-hydroxylation sites is 1. The molecule has 0 saturated heterocycles. The molecule has 0 amide bonds. The summed E-state index contributed by atoms with van der Waals surface area (Å²) in [4.78, 5) is 0. The van der Waals surface area contributed by atoms with Crippen LogP contribution in [-0.4, -0.2) is 5.71 Å². The summed E-state index contributed by atoms with van der Waals surface area (Å²) in [6.45, 7) is 0. The lowest BCUT2D eigenvalue weighted by Gasteiger charge is -2.30. The van der Waals surface area contributed by atoms with Crippen LogP contribution in [-0.2, 0) is 0 Å². The van der Waals surface area contributed by atoms with Gasteiger partial charge in [0.2, 0.25) is 0 Å². The fourth-order valence-electron chi connectivity index (χ4n) is 4.53. The first-order valence-corrected chi connectivity index (χ1v) is 10.1. The molecule has 2 heteroatoms. The summed E-state index contributed by atoms with van der Waals surface area (Å²) < 4.78 is 0. The van der Waals surface area contributed by atoms with Gasteiger partial charge in [-0.05, 0) is 54.2 Å². The largest absolute Gasteiger partial charge is 0.257 e. The van der Waals surface area contributed by atoms with E-state index in [9.17, 15) is 0 Å². The van der Waals surface area contributed by atoms with E-state index in [0.717, 1.165) is 12.1 Å². The van der Waals surface area contributed by atoms with Crippen LogP contribution < -0.4 is 5.01 Å². The van der Waals surface area contributed by atoms with Gasteiger partial charge in [-0.1, -0.05) is 78.9 Å². The van der Waals surface area contributed by atoms with Gasteiger partial charge < -0.3 is 0 Å². The van der Waals surface area contributed by atoms with E-state index in [2.05, 4.69) is 102 Å². The Balaban J connectivity index is 1.59. The highest BCUT2D eigenvalue weighted by Crippen LogP contribution is 2.46. The molecule has 2 atom stereocenters. The lowest BCUT2D eigenvalue weighted by atomic mass is 9.77. The Morgan fingerprint density at radius 1 is 0.786 bits per heavy atom. The minimum atomic E-state index is 0.262. The summed E-state index contributed by atoms with van der Waals surface area (Å²) in [6.07, 6.45) is 5.85. The number of anilines is 1. The van der Waals surface area contributed by atoms with Gasteiger partial charge in [0, 0.05) is 5.92 Å². The van der Waals surface area contributed by atoms with Crippen LogP contribution in [0.15, 0.2) is 102 Å². The zero-order valence-corrected chi connectivity index (χ0v) is 15.9. The molecule has 0 N–H and O–H groups in total. The molecule has 3 aromatic rings. The van der Waals surface area contributed by atoms with Crippen LogP contribution in [0.2, 0.25) is 0 Å². The van der Waals surface area contributed by atoms with E-state index in [1.165, 1.54) is 35.3 Å². The second kappa shape index (κ2) is 7.47. The molecule has 2 nitrogen and oxygen atoms in total. The summed E-state index contributed by atoms with van der Waals surface area (Å²) in [5, 5.41) is 7.45. The molecule has 1 heterocycles. The molecule has 2 aliphatic rings. The maximum absolute atomic E-state index is 5.20. The minimum Gasteiger partial charge on any atom is -0.257 e. The van der Waals surface area contributed by atoms with Crippen molar-refractivity contribution in [3.8, 4) is 0 Å². The van der Waals surface area contributed by atoms with E-state index in [0.29, 0.717) is 5.92 Å². The standard InChI is InChI=1S/C26H24N2/c1-4-11-20(12-5-1)19-22-15-10-18-24-25(22)27-28(23-16-8-3-9-17-23)26(24)21-13-6-2-7-14-21/h1-9,11-14,16-17,19,24,26H,10,15,18H2. The second-order valence-corrected chi connectivity index (χ2v) is 7.60. The lowest BCUT2D eigenvalue weighted by Crippen LogP contribution is -2.28. The molecule has 2 unspecified atom stereocenters. The average Bonchev–Trinajstić information content (AvgIpc) is 3.16. The molecule has 0 radical (unpaired) electrons. The lowest BCUT2D eigenvalue weighted by molar-refractivity contribution is 0.488. The fourth-order valence-corrected chi connectivity index (χ4v) is 4.53. The van der Waals surface area contributed by atoms with Crippen molar-refractivity contribution in [2.24, 2.45) is 11.0 Å². The van der Waals surface area contributed by atoms with Crippen molar-refractivity contribution < 1.29 is 0 Å². The normalized spacial score (nSPS) is 22.8. The van der Waals surface area contributed by atoms with Crippen molar-refractivity contribution in [3.63, 3.8) is 0 Å². The third kappa shape index (κ3) is 3.16. The summed E-state index contributed by atoms with van der Waals surface area (Å²) in [5.74, 6) is 0.436. The Labute approximate surface area is 166 Å². The molecular weight excluding hydrogens is 340 g/mol. The summed E-state index contributed by atoms with van der Waals surface area (Å²) >= 11 is 0. The van der Waals surface area contributed by atoms with Gasteiger partial charge in [-0.15, -0.1) is 0 Å². The van der Waals surface area contributed by atoms with E-state index < -0.39 is 0 Å². The highest BCUT2D eigenvalue weighted by atomic mass is 15.5. The van der Waals surface area contributed by atoms with E-state index in [1.807, 2.05) is 0 Å². The number of nitrogens with zero attached hydrogens (tertiary/aromatic N) is 2. The van der Waals surface area contributed by atoms with Gasteiger partial charge >= 0.3 is 0 Å². The molecule has 1 fully saturated rings. The Kier molecular flexibility index (Phi) is 4.54. The highest BCUT2D eigenvalue weighted by Gasteiger charge is 2.41. The first-order chi connectivity index (χ1) is 13.9. The average molecular weight is 364 g/mol. The molecule has 1 aliphatic heterocycles. The smallest absolute Gasteiger partial charge is 0.0859 e. The van der Waals surface area contributed by atoms with Crippen LogP contribution in [0.1, 0.15) is 36.4 Å². The third-order valence-corrected chi connectivity index (χ3v) is 5.80. The van der Waals surface area contributed by atoms with Crippen LogP contribution in [0.4, 0.5) is 5.69 Å². The van der Waals surface area contributed by atoms with E-state index in [-0.39, 0.29) is 6.04 Å². The summed E-state index contributed by atoms with van der Waals surface area (Å²) in [5.41, 5.74) is 6.43. The van der Waals surface area contributed by atoms with Crippen molar-refractivity contribution in [1.29, 1.82) is 0 Å². The van der Waals surface area contributed by atoms with Crippen molar-refractivity contribution in [2.75, 3.05) is 5.01 Å². The van der Waals surface area contributed by atoms with Gasteiger partial charge in [0.05, 0.1) is 17.4 Å². The Morgan fingerprint density at radius 3 is 2.14 bits per heavy atom. The fraction of sp³-hybridized carbons (Fsp3) is 0.192. The number of fused-ring (bicyclic) bond motifs is 1. The Morgan fingerprint density at radius 2 is 1.43 bits per heavy atom. The van der Waals surface area contributed by atoms with Gasteiger partial charge in [-0.2, -0.15) is 5.10 Å². The molecule has 5 rings (SSSR count). The minimum absolute atomic E-state index is 0.262. The number of allylic oxidation sites excluding steroid dienone is 1. The van der Waals surface area contributed by atoms with Crippen LogP contribution in [0, 0.1) is 5.92 Å². The monoisotopic (exact) mass is 364 g/mol. The predicted octanol–water partition coefficient (Wildman–Crippen LogP) is 6.49. The number of rotatable bonds is 3. The SMILES string of the molecule is C(=C1CCCC2C1=NN(c1ccccc1)C2c1ccccc1)c1ccccc1. The number of benzene rings is 3. The van der Waals surface area contributed by atoms with Crippen LogP contribution in [0.5, 0.6) is 0 Å². The maximum atomic E-state index is 5.20. The van der Waals surface area contributed by atoms with Gasteiger partial charge in [0.1, 0.15) is 0 Å². The van der Waals surface area contributed by atoms with Gasteiger partial charge in [0.25, 0.3) is 0 Å². The van der Waals surface area contributed by atoms with Crippen LogP contribution >= 0.6 is 0 Å². The van der Waals surface area contributed by atoms with E-state index >= 15 is 0 Å². The topological polar surface area (TPSA) is 15.6 Å². The summed E-state index contributed by atoms with van der Waals surface area (Å²) in [7, 11) is 0. The molecule has 28 heavy (non-hydrogen) atoms. The number of hydrogen-bond acceptors (Lipinski definition) is 2. The molecule has 1 saturated carbocycles. The second-order valence-electron chi connectivity index (χ2n) is 7.60. The molecule has 138 valence electrons. The van der Waals surface area contributed by atoms with Crippen molar-refractivity contribution in [2.45, 2.75) is 25.3 Å². The number of hydrogen-bond donors (Lipinski definition) is 0. The van der Waals surface area contributed by atoms with E-state index in [1.54, 1.807) is 0 Å². The van der Waals surface area contributed by atoms with Crippen molar-refractivity contribution in [3.05, 3.63) is 108 Å². The predicted molar refractivity (Wildman–Crippen MR) is 117 cm³/mol. The molecule has 1 aliphatic carbocycles. The zero-order chi connectivity index (χ0) is 18.8. The summed E-state index contributed by atoms with van der Waals surface area (Å²) in [6, 6.07) is 32.3. The maximum Gasteiger partial charge on any atom is 0.0859 e. The van der Waals surface area contributed by atoms with Crippen LogP contribution in [0.25, 0.3) is 6.08 Å². The molecule has 0 spiro atoms. The first-order valence-electron chi connectivity index (χ1n) is 10.1. The Bertz CT molecular complexity index is 990. The van der Waals surface area contributed by atoms with Crippen molar-refractivity contribution in [1.82, 2.24) is 0 Å². The highest BCUT2D eigenvalue weighted by molar-refractivity contribution is 6.08. The van der Waals surface area contributed by atoms with Crippen LogP contribution in [0.3, 0.4) is 0 Å². The molecule has 0 aromatic heterocycles. The Hall–Kier alpha value is -3.13. The number of hydrazone groups is 1. The quantitative estimate of drug-likeness (QED) is 0.519. The molecule has 3 aromatic carbocycles. The third-order valence-electron chi connectivity index (χ3n) is 5.80. The molecular formula is C26H24N2. The van der Waals surface area contributed by atoms with E-state index in [4.69, 9.17) is 5.10 Å². The zero-order valence-electron chi connectivity index (χ0n) is 15.9. The van der Waals surface area contributed by atoms with Gasteiger partial charge in [-0.3, -0.25) is 5.01 Å². The van der Waals surface area contributed by atoms with Gasteiger partial charge in [-0.25, -0.2) is 0 Å².